The average molecular weight is 317 g/mol. The number of phenolic OH excluding ortho intramolecular Hbond substituents is 1. The van der Waals surface area contributed by atoms with E-state index in [4.69, 9.17) is 0 Å². The minimum absolute atomic E-state index is 0.246. The number of benzene rings is 2. The summed E-state index contributed by atoms with van der Waals surface area (Å²) in [6.45, 7) is 1.95. The Balaban J connectivity index is 2.02. The van der Waals surface area contributed by atoms with E-state index >= 15 is 0 Å². The summed E-state index contributed by atoms with van der Waals surface area (Å²) in [4.78, 5) is 2.33. The maximum Gasteiger partial charge on any atom is 0.132 e. The van der Waals surface area contributed by atoms with Gasteiger partial charge in [-0.3, -0.25) is 4.57 Å². The van der Waals surface area contributed by atoms with Gasteiger partial charge in [-0.05, 0) is 49.6 Å². The third kappa shape index (κ3) is 2.30. The molecule has 4 heteroatoms. The molecule has 0 amide bonds. The molecule has 0 bridgehead atoms. The largest absolute Gasteiger partial charge is 0.508 e. The van der Waals surface area contributed by atoms with Gasteiger partial charge in [0.05, 0.1) is 5.52 Å². The van der Waals surface area contributed by atoms with Crippen LogP contribution in [-0.2, 0) is 0 Å². The van der Waals surface area contributed by atoms with Crippen LogP contribution in [0, 0.1) is 11.3 Å². The smallest absolute Gasteiger partial charge is 0.132 e. The molecule has 1 fully saturated rings. The molecular weight excluding hydrogens is 298 g/mol. The van der Waals surface area contributed by atoms with E-state index in [1.807, 2.05) is 30.3 Å². The van der Waals surface area contributed by atoms with Crippen LogP contribution in [0.5, 0.6) is 5.75 Å². The summed E-state index contributed by atoms with van der Waals surface area (Å²) in [5.74, 6) is 1.22. The molecule has 1 aromatic heterocycles. The number of para-hydroxylation sites is 1. The van der Waals surface area contributed by atoms with Crippen LogP contribution in [0.2, 0.25) is 0 Å². The average Bonchev–Trinajstić information content (AvgIpc) is 2.97. The second-order valence-electron chi connectivity index (χ2n) is 6.23. The fraction of sp³-hybridized carbons (Fsp3) is 0.250. The molecule has 4 rings (SSSR count). The zero-order chi connectivity index (χ0) is 16.5. The van der Waals surface area contributed by atoms with Gasteiger partial charge in [0.1, 0.15) is 23.2 Å². The van der Waals surface area contributed by atoms with E-state index in [0.29, 0.717) is 0 Å². The Bertz CT molecular complexity index is 912. The molecule has 3 aromatic rings. The zero-order valence-corrected chi connectivity index (χ0v) is 13.4. The standard InChI is InChI=1S/C20H19N3O/c21-14-18-17-6-2-3-7-19(17)23(15-8-10-16(24)11-9-15)20(18)22-12-4-1-5-13-22/h2-3,6-11,24H,1,4-5,12-13H2. The number of rotatable bonds is 2. The number of nitrogens with zero attached hydrogens (tertiary/aromatic N) is 3. The van der Waals surface area contributed by atoms with Gasteiger partial charge in [0.15, 0.2) is 0 Å². The van der Waals surface area contributed by atoms with Gasteiger partial charge < -0.3 is 10.0 Å². The Labute approximate surface area is 141 Å². The van der Waals surface area contributed by atoms with Crippen molar-refractivity contribution >= 4 is 16.7 Å². The molecule has 1 aliphatic heterocycles. The Kier molecular flexibility index (Phi) is 3.62. The molecule has 2 heterocycles. The first-order valence-electron chi connectivity index (χ1n) is 8.37. The topological polar surface area (TPSA) is 52.2 Å². The Morgan fingerprint density at radius 3 is 2.33 bits per heavy atom. The van der Waals surface area contributed by atoms with Crippen molar-refractivity contribution in [2.45, 2.75) is 19.3 Å². The van der Waals surface area contributed by atoms with Crippen LogP contribution in [0.1, 0.15) is 24.8 Å². The molecular formula is C20H19N3O. The molecule has 0 atom stereocenters. The number of piperidine rings is 1. The fourth-order valence-electron chi connectivity index (χ4n) is 3.60. The number of phenols is 1. The van der Waals surface area contributed by atoms with E-state index < -0.39 is 0 Å². The monoisotopic (exact) mass is 317 g/mol. The Morgan fingerprint density at radius 1 is 0.917 bits per heavy atom. The lowest BCUT2D eigenvalue weighted by Crippen LogP contribution is -2.31. The lowest BCUT2D eigenvalue weighted by molar-refractivity contribution is 0.475. The van der Waals surface area contributed by atoms with E-state index in [2.05, 4.69) is 21.6 Å². The normalized spacial score (nSPS) is 14.7. The highest BCUT2D eigenvalue weighted by atomic mass is 16.3. The number of anilines is 1. The van der Waals surface area contributed by atoms with E-state index in [1.165, 1.54) is 6.42 Å². The summed E-state index contributed by atoms with van der Waals surface area (Å²) < 4.78 is 2.15. The molecule has 24 heavy (non-hydrogen) atoms. The highest BCUT2D eigenvalue weighted by Gasteiger charge is 2.24. The molecule has 1 aliphatic rings. The van der Waals surface area contributed by atoms with E-state index in [1.54, 1.807) is 12.1 Å². The first-order valence-corrected chi connectivity index (χ1v) is 8.37. The molecule has 0 radical (unpaired) electrons. The van der Waals surface area contributed by atoms with Crippen molar-refractivity contribution < 1.29 is 5.11 Å². The molecule has 0 spiro atoms. The van der Waals surface area contributed by atoms with Crippen LogP contribution < -0.4 is 4.90 Å². The summed E-state index contributed by atoms with van der Waals surface area (Å²) in [6.07, 6.45) is 3.56. The Hall–Kier alpha value is -2.93. The van der Waals surface area contributed by atoms with Crippen molar-refractivity contribution in [3.8, 4) is 17.5 Å². The maximum absolute atomic E-state index is 9.82. The number of fused-ring (bicyclic) bond motifs is 1. The van der Waals surface area contributed by atoms with Gasteiger partial charge in [0, 0.05) is 24.2 Å². The number of aromatic nitrogens is 1. The molecule has 0 aliphatic carbocycles. The molecule has 120 valence electrons. The van der Waals surface area contributed by atoms with Crippen molar-refractivity contribution in [3.63, 3.8) is 0 Å². The van der Waals surface area contributed by atoms with Crippen molar-refractivity contribution in [2.24, 2.45) is 0 Å². The quantitative estimate of drug-likeness (QED) is 0.771. The molecule has 1 N–H and O–H groups in total. The maximum atomic E-state index is 9.82. The van der Waals surface area contributed by atoms with Gasteiger partial charge >= 0.3 is 0 Å². The van der Waals surface area contributed by atoms with Gasteiger partial charge in [-0.2, -0.15) is 5.26 Å². The van der Waals surface area contributed by atoms with E-state index in [0.717, 1.165) is 53.9 Å². The van der Waals surface area contributed by atoms with Gasteiger partial charge in [0.2, 0.25) is 0 Å². The van der Waals surface area contributed by atoms with Gasteiger partial charge in [-0.1, -0.05) is 18.2 Å². The zero-order valence-electron chi connectivity index (χ0n) is 13.4. The lowest BCUT2D eigenvalue weighted by Gasteiger charge is -2.30. The molecule has 0 saturated carbocycles. The van der Waals surface area contributed by atoms with Crippen LogP contribution in [0.25, 0.3) is 16.6 Å². The highest BCUT2D eigenvalue weighted by molar-refractivity contribution is 5.94. The predicted molar refractivity (Wildman–Crippen MR) is 95.7 cm³/mol. The second-order valence-corrected chi connectivity index (χ2v) is 6.23. The summed E-state index contributed by atoms with van der Waals surface area (Å²) in [7, 11) is 0. The fourth-order valence-corrected chi connectivity index (χ4v) is 3.60. The molecule has 4 nitrogen and oxygen atoms in total. The predicted octanol–water partition coefficient (Wildman–Crippen LogP) is 4.20. The van der Waals surface area contributed by atoms with Crippen LogP contribution in [0.3, 0.4) is 0 Å². The summed E-state index contributed by atoms with van der Waals surface area (Å²) in [5.41, 5.74) is 2.73. The molecule has 0 unspecified atom stereocenters. The minimum atomic E-state index is 0.246. The number of nitriles is 1. The SMILES string of the molecule is N#Cc1c(N2CCCCC2)n(-c2ccc(O)cc2)c2ccccc12. The van der Waals surface area contributed by atoms with Gasteiger partial charge in [-0.15, -0.1) is 0 Å². The minimum Gasteiger partial charge on any atom is -0.508 e. The summed E-state index contributed by atoms with van der Waals surface area (Å²) in [6, 6.07) is 17.6. The molecule has 2 aromatic carbocycles. The van der Waals surface area contributed by atoms with Gasteiger partial charge in [-0.25, -0.2) is 0 Å². The summed E-state index contributed by atoms with van der Waals surface area (Å²) >= 11 is 0. The first-order chi connectivity index (χ1) is 11.8. The third-order valence-electron chi connectivity index (χ3n) is 4.73. The van der Waals surface area contributed by atoms with Crippen molar-refractivity contribution in [1.29, 1.82) is 5.26 Å². The van der Waals surface area contributed by atoms with E-state index in [-0.39, 0.29) is 5.75 Å². The number of aromatic hydroxyl groups is 1. The number of hydrogen-bond acceptors (Lipinski definition) is 3. The summed E-state index contributed by atoms with van der Waals surface area (Å²) in [5, 5.41) is 20.4. The van der Waals surface area contributed by atoms with E-state index in [9.17, 15) is 10.4 Å². The highest BCUT2D eigenvalue weighted by Crippen LogP contribution is 2.36. The van der Waals surface area contributed by atoms with Crippen LogP contribution in [0.4, 0.5) is 5.82 Å². The first kappa shape index (κ1) is 14.6. The molecule has 1 saturated heterocycles. The number of hydrogen-bond donors (Lipinski definition) is 1. The Morgan fingerprint density at radius 2 is 1.62 bits per heavy atom. The van der Waals surface area contributed by atoms with Crippen LogP contribution >= 0.6 is 0 Å². The van der Waals surface area contributed by atoms with Crippen molar-refractivity contribution in [2.75, 3.05) is 18.0 Å². The van der Waals surface area contributed by atoms with Gasteiger partial charge in [0.25, 0.3) is 0 Å². The van der Waals surface area contributed by atoms with Crippen LogP contribution in [-0.4, -0.2) is 22.8 Å². The second kappa shape index (κ2) is 5.93. The third-order valence-corrected chi connectivity index (χ3v) is 4.73. The van der Waals surface area contributed by atoms with Crippen LogP contribution in [0.15, 0.2) is 48.5 Å². The lowest BCUT2D eigenvalue weighted by atomic mass is 10.1. The van der Waals surface area contributed by atoms with Crippen molar-refractivity contribution in [1.82, 2.24) is 4.57 Å². The van der Waals surface area contributed by atoms with Crippen molar-refractivity contribution in [3.05, 3.63) is 54.1 Å².